The first kappa shape index (κ1) is 23.1. The van der Waals surface area contributed by atoms with Crippen molar-refractivity contribution in [2.24, 2.45) is 0 Å². The van der Waals surface area contributed by atoms with Gasteiger partial charge in [0.15, 0.2) is 11.0 Å². The van der Waals surface area contributed by atoms with Crippen LogP contribution in [0.5, 0.6) is 0 Å². The van der Waals surface area contributed by atoms with Crippen molar-refractivity contribution in [1.29, 1.82) is 0 Å². The van der Waals surface area contributed by atoms with Crippen molar-refractivity contribution in [2.45, 2.75) is 89.2 Å². The van der Waals surface area contributed by atoms with Crippen LogP contribution in [0.1, 0.15) is 61.9 Å². The molecule has 7 nitrogen and oxygen atoms in total. The molecule has 32 heavy (non-hydrogen) atoms. The highest BCUT2D eigenvalue weighted by atomic mass is 32.2. The molecule has 0 unspecified atom stereocenters. The Hall–Kier alpha value is -2.06. The lowest BCUT2D eigenvalue weighted by Gasteiger charge is -2.21. The van der Waals surface area contributed by atoms with Crippen LogP contribution in [-0.4, -0.2) is 45.3 Å². The fraction of sp³-hybridized carbons (Fsp3) is 0.625. The van der Waals surface area contributed by atoms with Gasteiger partial charge in [-0.25, -0.2) is 0 Å². The summed E-state index contributed by atoms with van der Waals surface area (Å²) in [4.78, 5) is 12.4. The Bertz CT molecular complexity index is 905. The molecule has 0 radical (unpaired) electrons. The molecule has 1 aliphatic heterocycles. The molecule has 0 bridgehead atoms. The predicted molar refractivity (Wildman–Crippen MR) is 126 cm³/mol. The minimum atomic E-state index is -0.163. The Morgan fingerprint density at radius 3 is 2.78 bits per heavy atom. The van der Waals surface area contributed by atoms with E-state index < -0.39 is 0 Å². The molecule has 0 amide bonds. The summed E-state index contributed by atoms with van der Waals surface area (Å²) >= 11 is 1.41. The molecule has 0 spiro atoms. The van der Waals surface area contributed by atoms with Crippen LogP contribution in [0, 0.1) is 13.8 Å². The summed E-state index contributed by atoms with van der Waals surface area (Å²) in [6, 6.07) is 6.37. The SMILES string of the molecule is Cc1ccc(NCc2nnc(SCC(=O)OC3CCCCC3)n2C[C@H]2CCCO2)c(C)c1. The van der Waals surface area contributed by atoms with Gasteiger partial charge in [0.05, 0.1) is 24.9 Å². The number of carbonyl (C=O) groups excluding carboxylic acids is 1. The van der Waals surface area contributed by atoms with Crippen LogP contribution in [0.3, 0.4) is 0 Å². The zero-order chi connectivity index (χ0) is 22.3. The average Bonchev–Trinajstić information content (AvgIpc) is 3.43. The van der Waals surface area contributed by atoms with Gasteiger partial charge in [0.25, 0.3) is 0 Å². The van der Waals surface area contributed by atoms with E-state index in [1.807, 2.05) is 0 Å². The van der Waals surface area contributed by atoms with Crippen molar-refractivity contribution >= 4 is 23.4 Å². The Balaban J connectivity index is 1.40. The van der Waals surface area contributed by atoms with E-state index in [1.54, 1.807) is 0 Å². The quantitative estimate of drug-likeness (QED) is 0.433. The maximum atomic E-state index is 12.4. The van der Waals surface area contributed by atoms with Gasteiger partial charge in [-0.2, -0.15) is 0 Å². The molecule has 1 aliphatic carbocycles. The number of rotatable bonds is 9. The zero-order valence-electron chi connectivity index (χ0n) is 19.1. The summed E-state index contributed by atoms with van der Waals surface area (Å²) in [5.74, 6) is 0.942. The molecule has 8 heteroatoms. The van der Waals surface area contributed by atoms with E-state index in [2.05, 4.69) is 52.1 Å². The molecule has 2 fully saturated rings. The summed E-state index contributed by atoms with van der Waals surface area (Å²) < 4.78 is 13.6. The lowest BCUT2D eigenvalue weighted by molar-refractivity contribution is -0.147. The second-order valence-corrected chi connectivity index (χ2v) is 9.80. The Morgan fingerprint density at radius 2 is 2.03 bits per heavy atom. The topological polar surface area (TPSA) is 78.3 Å². The van der Waals surface area contributed by atoms with Gasteiger partial charge in [0.1, 0.15) is 6.10 Å². The normalized spacial score (nSPS) is 19.2. The van der Waals surface area contributed by atoms with Gasteiger partial charge in [-0.3, -0.25) is 4.79 Å². The van der Waals surface area contributed by atoms with Crippen LogP contribution in [-0.2, 0) is 27.4 Å². The molecule has 2 aliphatic rings. The highest BCUT2D eigenvalue weighted by Crippen LogP contribution is 2.25. The van der Waals surface area contributed by atoms with Gasteiger partial charge in [0, 0.05) is 12.3 Å². The second kappa shape index (κ2) is 11.2. The van der Waals surface area contributed by atoms with Crippen molar-refractivity contribution in [3.05, 3.63) is 35.2 Å². The molecule has 1 aromatic heterocycles. The molecular weight excluding hydrogens is 424 g/mol. The fourth-order valence-electron chi connectivity index (χ4n) is 4.44. The predicted octanol–water partition coefficient (Wildman–Crippen LogP) is 4.65. The Kier molecular flexibility index (Phi) is 8.08. The van der Waals surface area contributed by atoms with Gasteiger partial charge >= 0.3 is 5.97 Å². The highest BCUT2D eigenvalue weighted by Gasteiger charge is 2.23. The molecule has 4 rings (SSSR count). The largest absolute Gasteiger partial charge is 0.462 e. The number of esters is 1. The smallest absolute Gasteiger partial charge is 0.316 e. The summed E-state index contributed by atoms with van der Waals surface area (Å²) in [6.07, 6.45) is 7.89. The van der Waals surface area contributed by atoms with Crippen molar-refractivity contribution in [3.8, 4) is 0 Å². The molecule has 2 heterocycles. The maximum Gasteiger partial charge on any atom is 0.316 e. The van der Waals surface area contributed by atoms with Gasteiger partial charge in [-0.05, 0) is 64.0 Å². The number of aryl methyl sites for hydroxylation is 2. The van der Waals surface area contributed by atoms with E-state index in [-0.39, 0.29) is 23.9 Å². The zero-order valence-corrected chi connectivity index (χ0v) is 20.0. The van der Waals surface area contributed by atoms with E-state index in [4.69, 9.17) is 9.47 Å². The van der Waals surface area contributed by atoms with Crippen LogP contribution < -0.4 is 5.32 Å². The van der Waals surface area contributed by atoms with Gasteiger partial charge in [0.2, 0.25) is 0 Å². The van der Waals surface area contributed by atoms with Crippen molar-refractivity contribution in [1.82, 2.24) is 14.8 Å². The number of nitrogens with zero attached hydrogens (tertiary/aromatic N) is 3. The fourth-order valence-corrected chi connectivity index (χ4v) is 5.19. The van der Waals surface area contributed by atoms with Crippen molar-refractivity contribution in [2.75, 3.05) is 17.7 Å². The minimum Gasteiger partial charge on any atom is -0.462 e. The van der Waals surface area contributed by atoms with Crippen LogP contribution in [0.2, 0.25) is 0 Å². The lowest BCUT2D eigenvalue weighted by atomic mass is 9.98. The number of carbonyl (C=O) groups is 1. The van der Waals surface area contributed by atoms with Crippen LogP contribution >= 0.6 is 11.8 Å². The number of anilines is 1. The van der Waals surface area contributed by atoms with E-state index >= 15 is 0 Å². The number of ether oxygens (including phenoxy) is 2. The first-order valence-corrected chi connectivity index (χ1v) is 12.7. The third kappa shape index (κ3) is 6.25. The number of aromatic nitrogens is 3. The summed E-state index contributed by atoms with van der Waals surface area (Å²) in [5, 5.41) is 13.1. The molecule has 1 saturated heterocycles. The molecule has 1 aromatic carbocycles. The third-order valence-corrected chi connectivity index (χ3v) is 7.13. The summed E-state index contributed by atoms with van der Waals surface area (Å²) in [7, 11) is 0. The Labute approximate surface area is 194 Å². The average molecular weight is 459 g/mol. The highest BCUT2D eigenvalue weighted by molar-refractivity contribution is 7.99. The minimum absolute atomic E-state index is 0.0825. The first-order valence-electron chi connectivity index (χ1n) is 11.8. The van der Waals surface area contributed by atoms with Gasteiger partial charge in [-0.15, -0.1) is 10.2 Å². The monoisotopic (exact) mass is 458 g/mol. The second-order valence-electron chi connectivity index (χ2n) is 8.85. The number of hydrogen-bond donors (Lipinski definition) is 1. The molecular formula is C24H34N4O3S. The van der Waals surface area contributed by atoms with Gasteiger partial charge < -0.3 is 19.4 Å². The summed E-state index contributed by atoms with van der Waals surface area (Å²) in [5.41, 5.74) is 3.54. The number of nitrogens with one attached hydrogen (secondary N) is 1. The first-order chi connectivity index (χ1) is 15.6. The molecule has 1 atom stereocenters. The number of hydrogen-bond acceptors (Lipinski definition) is 7. The number of benzene rings is 1. The van der Waals surface area contributed by atoms with Crippen LogP contribution in [0.4, 0.5) is 5.69 Å². The standard InChI is InChI=1S/C24H34N4O3S/c1-17-10-11-21(18(2)13-17)25-14-22-26-27-24(28(22)15-20-9-6-12-30-20)32-16-23(29)31-19-7-4-3-5-8-19/h10-11,13,19-20,25H,3-9,12,14-16H2,1-2H3/t20-/m1/s1. The molecule has 174 valence electrons. The lowest BCUT2D eigenvalue weighted by Crippen LogP contribution is -2.22. The van der Waals surface area contributed by atoms with Crippen LogP contribution in [0.25, 0.3) is 0 Å². The van der Waals surface area contributed by atoms with E-state index in [9.17, 15) is 4.79 Å². The van der Waals surface area contributed by atoms with Crippen molar-refractivity contribution in [3.63, 3.8) is 0 Å². The maximum absolute atomic E-state index is 12.4. The Morgan fingerprint density at radius 1 is 1.19 bits per heavy atom. The van der Waals surface area contributed by atoms with E-state index in [1.165, 1.54) is 29.3 Å². The summed E-state index contributed by atoms with van der Waals surface area (Å²) in [6.45, 7) is 6.27. The van der Waals surface area contributed by atoms with E-state index in [0.29, 0.717) is 13.1 Å². The van der Waals surface area contributed by atoms with Crippen molar-refractivity contribution < 1.29 is 14.3 Å². The van der Waals surface area contributed by atoms with E-state index in [0.717, 1.165) is 61.8 Å². The molecule has 2 aromatic rings. The molecule has 1 N–H and O–H groups in total. The third-order valence-electron chi connectivity index (χ3n) is 6.19. The molecule has 1 saturated carbocycles. The number of thioether (sulfide) groups is 1. The van der Waals surface area contributed by atoms with Gasteiger partial charge in [-0.1, -0.05) is 35.9 Å². The van der Waals surface area contributed by atoms with Crippen LogP contribution in [0.15, 0.2) is 23.4 Å².